The summed E-state index contributed by atoms with van der Waals surface area (Å²) in [6.07, 6.45) is 1.15. The molecular weight excluding hydrogens is 316 g/mol. The van der Waals surface area contributed by atoms with Gasteiger partial charge < -0.3 is 11.1 Å². The molecule has 104 valence electrons. The summed E-state index contributed by atoms with van der Waals surface area (Å²) in [7, 11) is 0. The van der Waals surface area contributed by atoms with Gasteiger partial charge in [0, 0.05) is 15.8 Å². The molecule has 0 aromatic heterocycles. The Balaban J connectivity index is 2.11. The van der Waals surface area contributed by atoms with Crippen molar-refractivity contribution in [3.63, 3.8) is 0 Å². The van der Waals surface area contributed by atoms with Crippen LogP contribution in [-0.4, -0.2) is 5.91 Å². The molecule has 0 heterocycles. The number of nitrogen functional groups attached to an aromatic ring is 1. The van der Waals surface area contributed by atoms with Crippen LogP contribution in [0.3, 0.4) is 0 Å². The molecule has 0 unspecified atom stereocenters. The number of aryl methyl sites for hydroxylation is 1. The number of carbonyl (C=O) groups is 1. The molecule has 0 saturated carbocycles. The Hall–Kier alpha value is -1.81. The highest BCUT2D eigenvalue weighted by Gasteiger charge is 2.09. The molecule has 0 saturated heterocycles. The Morgan fingerprint density at radius 2 is 1.95 bits per heavy atom. The fourth-order valence-electron chi connectivity index (χ4n) is 2.04. The number of amides is 1. The first kappa shape index (κ1) is 14.6. The molecule has 0 aliphatic carbocycles. The van der Waals surface area contributed by atoms with Gasteiger partial charge in [-0.1, -0.05) is 41.1 Å². The van der Waals surface area contributed by atoms with E-state index in [0.717, 1.165) is 27.7 Å². The van der Waals surface area contributed by atoms with E-state index in [1.54, 1.807) is 6.07 Å². The van der Waals surface area contributed by atoms with Crippen LogP contribution in [0.5, 0.6) is 0 Å². The van der Waals surface area contributed by atoms with Crippen LogP contribution in [0.15, 0.2) is 46.9 Å². The SMILES string of the molecule is CCc1cc(Br)ccc1NC(=O)Cc1ccccc1N. The summed E-state index contributed by atoms with van der Waals surface area (Å²) >= 11 is 3.44. The van der Waals surface area contributed by atoms with Crippen LogP contribution in [0.1, 0.15) is 18.1 Å². The van der Waals surface area contributed by atoms with Gasteiger partial charge in [0.1, 0.15) is 0 Å². The molecule has 1 amide bonds. The fraction of sp³-hybridized carbons (Fsp3) is 0.188. The minimum atomic E-state index is -0.0556. The molecule has 20 heavy (non-hydrogen) atoms. The molecular formula is C16H17BrN2O. The standard InChI is InChI=1S/C16H17BrN2O/c1-2-11-9-13(17)7-8-15(11)19-16(20)10-12-5-3-4-6-14(12)18/h3-9H,2,10,18H2,1H3,(H,19,20). The molecule has 0 aliphatic rings. The van der Waals surface area contributed by atoms with E-state index in [4.69, 9.17) is 5.73 Å². The monoisotopic (exact) mass is 332 g/mol. The molecule has 2 aromatic carbocycles. The molecule has 3 N–H and O–H groups in total. The Bertz CT molecular complexity index is 626. The molecule has 0 fully saturated rings. The van der Waals surface area contributed by atoms with Crippen LogP contribution in [0, 0.1) is 0 Å². The lowest BCUT2D eigenvalue weighted by atomic mass is 10.1. The maximum atomic E-state index is 12.1. The normalized spacial score (nSPS) is 10.3. The van der Waals surface area contributed by atoms with Crippen molar-refractivity contribution >= 4 is 33.2 Å². The third kappa shape index (κ3) is 3.61. The number of rotatable bonds is 4. The van der Waals surface area contributed by atoms with Crippen LogP contribution in [0.2, 0.25) is 0 Å². The van der Waals surface area contributed by atoms with Crippen LogP contribution in [-0.2, 0) is 17.6 Å². The second kappa shape index (κ2) is 6.57. The molecule has 0 aliphatic heterocycles. The lowest BCUT2D eigenvalue weighted by Gasteiger charge is -2.11. The zero-order valence-corrected chi connectivity index (χ0v) is 12.9. The van der Waals surface area contributed by atoms with Gasteiger partial charge in [0.2, 0.25) is 5.91 Å². The van der Waals surface area contributed by atoms with Gasteiger partial charge in [-0.3, -0.25) is 4.79 Å². The summed E-state index contributed by atoms with van der Waals surface area (Å²) in [5.41, 5.74) is 9.31. The molecule has 4 heteroatoms. The van der Waals surface area contributed by atoms with E-state index in [0.29, 0.717) is 5.69 Å². The molecule has 0 radical (unpaired) electrons. The van der Waals surface area contributed by atoms with E-state index in [-0.39, 0.29) is 12.3 Å². The van der Waals surface area contributed by atoms with Gasteiger partial charge in [-0.2, -0.15) is 0 Å². The summed E-state index contributed by atoms with van der Waals surface area (Å²) in [6, 6.07) is 13.3. The van der Waals surface area contributed by atoms with Gasteiger partial charge in [0.15, 0.2) is 0 Å². The highest BCUT2D eigenvalue weighted by atomic mass is 79.9. The number of nitrogens with two attached hydrogens (primary N) is 1. The largest absolute Gasteiger partial charge is 0.398 e. The van der Waals surface area contributed by atoms with Crippen molar-refractivity contribution in [2.24, 2.45) is 0 Å². The van der Waals surface area contributed by atoms with Crippen molar-refractivity contribution in [3.05, 3.63) is 58.1 Å². The number of anilines is 2. The Morgan fingerprint density at radius 1 is 1.20 bits per heavy atom. The highest BCUT2D eigenvalue weighted by molar-refractivity contribution is 9.10. The lowest BCUT2D eigenvalue weighted by Crippen LogP contribution is -2.16. The minimum Gasteiger partial charge on any atom is -0.398 e. The van der Waals surface area contributed by atoms with Gasteiger partial charge in [0.25, 0.3) is 0 Å². The number of para-hydroxylation sites is 1. The van der Waals surface area contributed by atoms with Crippen LogP contribution in [0.25, 0.3) is 0 Å². The number of nitrogens with one attached hydrogen (secondary N) is 1. The first-order chi connectivity index (χ1) is 9.60. The first-order valence-electron chi connectivity index (χ1n) is 6.51. The zero-order valence-electron chi connectivity index (χ0n) is 11.3. The van der Waals surface area contributed by atoms with Crippen molar-refractivity contribution in [1.82, 2.24) is 0 Å². The zero-order chi connectivity index (χ0) is 14.5. The second-order valence-corrected chi connectivity index (χ2v) is 5.49. The maximum absolute atomic E-state index is 12.1. The summed E-state index contributed by atoms with van der Waals surface area (Å²) in [5.74, 6) is -0.0556. The lowest BCUT2D eigenvalue weighted by molar-refractivity contribution is -0.115. The molecule has 3 nitrogen and oxygen atoms in total. The molecule has 2 rings (SSSR count). The smallest absolute Gasteiger partial charge is 0.228 e. The topological polar surface area (TPSA) is 55.1 Å². The number of hydrogen-bond acceptors (Lipinski definition) is 2. The van der Waals surface area contributed by atoms with Crippen molar-refractivity contribution in [2.45, 2.75) is 19.8 Å². The molecule has 0 atom stereocenters. The Labute approximate surface area is 127 Å². The van der Waals surface area contributed by atoms with Gasteiger partial charge in [0.05, 0.1) is 6.42 Å². The van der Waals surface area contributed by atoms with E-state index < -0.39 is 0 Å². The number of halogens is 1. The summed E-state index contributed by atoms with van der Waals surface area (Å²) in [5, 5.41) is 2.95. The Kier molecular flexibility index (Phi) is 4.79. The molecule has 0 spiro atoms. The number of hydrogen-bond donors (Lipinski definition) is 2. The van der Waals surface area contributed by atoms with Gasteiger partial charge in [-0.15, -0.1) is 0 Å². The Morgan fingerprint density at radius 3 is 2.65 bits per heavy atom. The van der Waals surface area contributed by atoms with Gasteiger partial charge >= 0.3 is 0 Å². The van der Waals surface area contributed by atoms with Crippen molar-refractivity contribution in [3.8, 4) is 0 Å². The summed E-state index contributed by atoms with van der Waals surface area (Å²) < 4.78 is 1.01. The van der Waals surface area contributed by atoms with Gasteiger partial charge in [-0.25, -0.2) is 0 Å². The van der Waals surface area contributed by atoms with Crippen LogP contribution in [0.4, 0.5) is 11.4 Å². The maximum Gasteiger partial charge on any atom is 0.228 e. The van der Waals surface area contributed by atoms with Crippen LogP contribution < -0.4 is 11.1 Å². The minimum absolute atomic E-state index is 0.0556. The van der Waals surface area contributed by atoms with E-state index in [2.05, 4.69) is 28.2 Å². The number of benzene rings is 2. The van der Waals surface area contributed by atoms with Crippen molar-refractivity contribution in [2.75, 3.05) is 11.1 Å². The quantitative estimate of drug-likeness (QED) is 0.837. The average Bonchev–Trinajstić information content (AvgIpc) is 2.43. The highest BCUT2D eigenvalue weighted by Crippen LogP contribution is 2.22. The molecule has 2 aromatic rings. The van der Waals surface area contributed by atoms with Gasteiger partial charge in [-0.05, 0) is 41.8 Å². The average molecular weight is 333 g/mol. The molecule has 0 bridgehead atoms. The second-order valence-electron chi connectivity index (χ2n) is 4.58. The van der Waals surface area contributed by atoms with E-state index in [1.807, 2.05) is 36.4 Å². The predicted octanol–water partition coefficient (Wildman–Crippen LogP) is 3.77. The van der Waals surface area contributed by atoms with Crippen LogP contribution >= 0.6 is 15.9 Å². The van der Waals surface area contributed by atoms with E-state index >= 15 is 0 Å². The first-order valence-corrected chi connectivity index (χ1v) is 7.31. The predicted molar refractivity (Wildman–Crippen MR) is 86.7 cm³/mol. The summed E-state index contributed by atoms with van der Waals surface area (Å²) in [6.45, 7) is 2.06. The van der Waals surface area contributed by atoms with Crippen molar-refractivity contribution in [1.29, 1.82) is 0 Å². The third-order valence-electron chi connectivity index (χ3n) is 3.13. The summed E-state index contributed by atoms with van der Waals surface area (Å²) in [4.78, 5) is 12.1. The van der Waals surface area contributed by atoms with E-state index in [1.165, 1.54) is 0 Å². The fourth-order valence-corrected chi connectivity index (χ4v) is 2.45. The number of carbonyl (C=O) groups excluding carboxylic acids is 1. The third-order valence-corrected chi connectivity index (χ3v) is 3.62. The van der Waals surface area contributed by atoms with E-state index in [9.17, 15) is 4.79 Å². The van der Waals surface area contributed by atoms with Crippen molar-refractivity contribution < 1.29 is 4.79 Å².